The van der Waals surface area contributed by atoms with E-state index in [0.29, 0.717) is 13.0 Å². The lowest BCUT2D eigenvalue weighted by Crippen LogP contribution is -2.08. The van der Waals surface area contributed by atoms with E-state index in [1.165, 1.54) is 18.5 Å². The molecular weight excluding hydrogens is 291 g/mol. The van der Waals surface area contributed by atoms with Crippen LogP contribution in [0.15, 0.2) is 30.6 Å². The molecular formula is C14H15FN4O3. The zero-order valence-corrected chi connectivity index (χ0v) is 12.0. The van der Waals surface area contributed by atoms with Crippen molar-refractivity contribution in [3.63, 3.8) is 0 Å². The third-order valence-electron chi connectivity index (χ3n) is 2.79. The molecule has 0 bridgehead atoms. The third-order valence-corrected chi connectivity index (χ3v) is 2.79. The summed E-state index contributed by atoms with van der Waals surface area (Å²) in [5.74, 6) is -0.342. The van der Waals surface area contributed by atoms with Gasteiger partial charge >= 0.3 is 5.69 Å². The molecule has 0 saturated carbocycles. The molecule has 0 saturated heterocycles. The lowest BCUT2D eigenvalue weighted by Gasteiger charge is -2.09. The van der Waals surface area contributed by atoms with Crippen LogP contribution in [0.4, 0.5) is 15.9 Å². The van der Waals surface area contributed by atoms with E-state index in [-0.39, 0.29) is 29.7 Å². The first kappa shape index (κ1) is 15.6. The summed E-state index contributed by atoms with van der Waals surface area (Å²) in [5, 5.41) is 14.1. The monoisotopic (exact) mass is 306 g/mol. The van der Waals surface area contributed by atoms with Crippen LogP contribution in [-0.2, 0) is 6.54 Å². The van der Waals surface area contributed by atoms with Gasteiger partial charge in [0, 0.05) is 6.54 Å². The van der Waals surface area contributed by atoms with Crippen LogP contribution in [0.2, 0.25) is 0 Å². The molecule has 0 aliphatic heterocycles. The van der Waals surface area contributed by atoms with Gasteiger partial charge in [0.2, 0.25) is 5.82 Å². The van der Waals surface area contributed by atoms with Gasteiger partial charge in [-0.15, -0.1) is 0 Å². The lowest BCUT2D eigenvalue weighted by molar-refractivity contribution is -0.385. The lowest BCUT2D eigenvalue weighted by atomic mass is 10.2. The minimum Gasteiger partial charge on any atom is -0.473 e. The van der Waals surface area contributed by atoms with Crippen molar-refractivity contribution < 1.29 is 14.1 Å². The summed E-state index contributed by atoms with van der Waals surface area (Å²) in [6.45, 7) is 2.49. The van der Waals surface area contributed by atoms with E-state index in [4.69, 9.17) is 4.74 Å². The minimum atomic E-state index is -0.585. The molecule has 0 fully saturated rings. The molecule has 8 heteroatoms. The highest BCUT2D eigenvalue weighted by atomic mass is 19.1. The number of nitrogens with zero attached hydrogens (tertiary/aromatic N) is 3. The summed E-state index contributed by atoms with van der Waals surface area (Å²) < 4.78 is 18.1. The van der Waals surface area contributed by atoms with Crippen molar-refractivity contribution in [2.75, 3.05) is 11.9 Å². The zero-order valence-electron chi connectivity index (χ0n) is 12.0. The van der Waals surface area contributed by atoms with E-state index in [2.05, 4.69) is 15.3 Å². The Bertz CT molecular complexity index is 649. The number of hydrogen-bond donors (Lipinski definition) is 1. The van der Waals surface area contributed by atoms with Crippen molar-refractivity contribution in [3.8, 4) is 5.88 Å². The summed E-state index contributed by atoms with van der Waals surface area (Å²) in [6, 6.07) is 5.82. The van der Waals surface area contributed by atoms with Gasteiger partial charge in [0.15, 0.2) is 0 Å². The third kappa shape index (κ3) is 3.87. The second kappa shape index (κ2) is 7.30. The molecule has 2 rings (SSSR count). The Balaban J connectivity index is 2.18. The van der Waals surface area contributed by atoms with Crippen LogP contribution in [-0.4, -0.2) is 21.5 Å². The van der Waals surface area contributed by atoms with Crippen LogP contribution < -0.4 is 10.1 Å². The fraction of sp³-hybridized carbons (Fsp3) is 0.286. The number of anilines is 1. The number of rotatable bonds is 7. The molecule has 1 heterocycles. The molecule has 1 aromatic heterocycles. The Morgan fingerprint density at radius 2 is 2.05 bits per heavy atom. The fourth-order valence-corrected chi connectivity index (χ4v) is 1.75. The average Bonchev–Trinajstić information content (AvgIpc) is 2.52. The fourth-order valence-electron chi connectivity index (χ4n) is 1.75. The van der Waals surface area contributed by atoms with Crippen molar-refractivity contribution in [3.05, 3.63) is 52.1 Å². The Hall–Kier alpha value is -2.77. The topological polar surface area (TPSA) is 90.2 Å². The normalized spacial score (nSPS) is 10.3. The molecule has 0 amide bonds. The van der Waals surface area contributed by atoms with Gasteiger partial charge in [-0.05, 0) is 24.1 Å². The predicted octanol–water partition coefficient (Wildman–Crippen LogP) is 2.92. The molecule has 1 aromatic carbocycles. The number of halogens is 1. The van der Waals surface area contributed by atoms with Gasteiger partial charge in [-0.3, -0.25) is 10.1 Å². The van der Waals surface area contributed by atoms with Crippen molar-refractivity contribution in [2.45, 2.75) is 19.9 Å². The van der Waals surface area contributed by atoms with Crippen LogP contribution in [0.25, 0.3) is 0 Å². The van der Waals surface area contributed by atoms with Crippen LogP contribution >= 0.6 is 0 Å². The summed E-state index contributed by atoms with van der Waals surface area (Å²) in [6.07, 6.45) is 1.91. The highest BCUT2D eigenvalue weighted by Gasteiger charge is 2.24. The van der Waals surface area contributed by atoms with Crippen molar-refractivity contribution in [2.24, 2.45) is 0 Å². The average molecular weight is 306 g/mol. The molecule has 7 nitrogen and oxygen atoms in total. The molecule has 0 unspecified atom stereocenters. The largest absolute Gasteiger partial charge is 0.473 e. The van der Waals surface area contributed by atoms with E-state index in [1.807, 2.05) is 6.92 Å². The first-order valence-electron chi connectivity index (χ1n) is 6.72. The standard InChI is InChI=1S/C14H15FN4O3/c1-2-7-22-14-12(19(20)21)13(17-9-18-14)16-8-10-3-5-11(15)6-4-10/h3-6,9H,2,7-8H2,1H3,(H,16,17,18). The maximum atomic E-state index is 12.8. The molecule has 1 N–H and O–H groups in total. The van der Waals surface area contributed by atoms with E-state index in [1.54, 1.807) is 12.1 Å². The summed E-state index contributed by atoms with van der Waals surface area (Å²) in [4.78, 5) is 18.3. The van der Waals surface area contributed by atoms with Gasteiger partial charge in [0.25, 0.3) is 5.88 Å². The molecule has 22 heavy (non-hydrogen) atoms. The second-order valence-corrected chi connectivity index (χ2v) is 4.46. The number of benzene rings is 1. The maximum absolute atomic E-state index is 12.8. The van der Waals surface area contributed by atoms with Crippen LogP contribution in [0.5, 0.6) is 5.88 Å². The highest BCUT2D eigenvalue weighted by molar-refractivity contribution is 5.61. The molecule has 0 radical (unpaired) electrons. The SMILES string of the molecule is CCCOc1ncnc(NCc2ccc(F)cc2)c1[N+](=O)[O-]. The molecule has 116 valence electrons. The summed E-state index contributed by atoms with van der Waals surface area (Å²) in [5.41, 5.74) is 0.461. The summed E-state index contributed by atoms with van der Waals surface area (Å²) >= 11 is 0. The van der Waals surface area contributed by atoms with Gasteiger partial charge in [0.05, 0.1) is 11.5 Å². The highest BCUT2D eigenvalue weighted by Crippen LogP contribution is 2.31. The predicted molar refractivity (Wildman–Crippen MR) is 78.2 cm³/mol. The number of aromatic nitrogens is 2. The van der Waals surface area contributed by atoms with Crippen LogP contribution in [0.3, 0.4) is 0 Å². The Kier molecular flexibility index (Phi) is 5.18. The zero-order chi connectivity index (χ0) is 15.9. The van der Waals surface area contributed by atoms with Crippen LogP contribution in [0, 0.1) is 15.9 Å². The molecule has 0 spiro atoms. The molecule has 0 aliphatic rings. The summed E-state index contributed by atoms with van der Waals surface area (Å²) in [7, 11) is 0. The first-order valence-corrected chi connectivity index (χ1v) is 6.72. The number of ether oxygens (including phenoxy) is 1. The van der Waals surface area contributed by atoms with Gasteiger partial charge < -0.3 is 10.1 Å². The Labute approximate surface area is 126 Å². The minimum absolute atomic E-state index is 0.0652. The Morgan fingerprint density at radius 1 is 1.32 bits per heavy atom. The molecule has 0 aliphatic carbocycles. The van der Waals surface area contributed by atoms with Crippen molar-refractivity contribution in [1.82, 2.24) is 9.97 Å². The van der Waals surface area contributed by atoms with Crippen LogP contribution in [0.1, 0.15) is 18.9 Å². The van der Waals surface area contributed by atoms with E-state index in [0.717, 1.165) is 5.56 Å². The number of hydrogen-bond acceptors (Lipinski definition) is 6. The van der Waals surface area contributed by atoms with Crippen molar-refractivity contribution in [1.29, 1.82) is 0 Å². The number of nitrogens with one attached hydrogen (secondary N) is 1. The van der Waals surface area contributed by atoms with Crippen molar-refractivity contribution >= 4 is 11.5 Å². The van der Waals surface area contributed by atoms with Gasteiger partial charge in [0.1, 0.15) is 12.1 Å². The quantitative estimate of drug-likeness (QED) is 0.625. The molecule has 0 atom stereocenters. The van der Waals surface area contributed by atoms with Gasteiger partial charge in [-0.25, -0.2) is 9.37 Å². The first-order chi connectivity index (χ1) is 10.6. The number of nitro groups is 1. The smallest absolute Gasteiger partial charge is 0.372 e. The van der Waals surface area contributed by atoms with Gasteiger partial charge in [-0.1, -0.05) is 19.1 Å². The van der Waals surface area contributed by atoms with Gasteiger partial charge in [-0.2, -0.15) is 4.98 Å². The second-order valence-electron chi connectivity index (χ2n) is 4.46. The van der Waals surface area contributed by atoms with E-state index in [9.17, 15) is 14.5 Å². The van der Waals surface area contributed by atoms with E-state index >= 15 is 0 Å². The molecule has 2 aromatic rings. The van der Waals surface area contributed by atoms with E-state index < -0.39 is 4.92 Å². The Morgan fingerprint density at radius 3 is 2.68 bits per heavy atom. The maximum Gasteiger partial charge on any atom is 0.372 e.